The number of rotatable bonds is 2. The number of pyridine rings is 1. The number of alkyl halides is 1. The molecule has 1 unspecified atom stereocenters. The van der Waals surface area contributed by atoms with E-state index >= 15 is 0 Å². The second-order valence-corrected chi connectivity index (χ2v) is 5.61. The summed E-state index contributed by atoms with van der Waals surface area (Å²) in [7, 11) is 0. The first-order chi connectivity index (χ1) is 8.00. The summed E-state index contributed by atoms with van der Waals surface area (Å²) in [6.45, 7) is 5.69. The fourth-order valence-electron chi connectivity index (χ4n) is 2.11. The lowest BCUT2D eigenvalue weighted by atomic mass is 10.1. The number of hydrogen-bond donors (Lipinski definition) is 0. The van der Waals surface area contributed by atoms with Crippen molar-refractivity contribution in [1.82, 2.24) is 4.98 Å². The van der Waals surface area contributed by atoms with E-state index in [4.69, 9.17) is 27.9 Å². The van der Waals surface area contributed by atoms with Crippen LogP contribution in [0, 0.1) is 0 Å². The van der Waals surface area contributed by atoms with E-state index in [1.165, 1.54) is 0 Å². The van der Waals surface area contributed by atoms with E-state index in [0.717, 1.165) is 18.9 Å². The molecule has 1 aromatic heterocycles. The molecule has 0 aromatic carbocycles. The summed E-state index contributed by atoms with van der Waals surface area (Å²) in [5.41, 5.74) is -0.209. The summed E-state index contributed by atoms with van der Waals surface area (Å²) in [5.74, 6) is 1.41. The third-order valence-electron chi connectivity index (χ3n) is 2.69. The van der Waals surface area contributed by atoms with Gasteiger partial charge in [0.1, 0.15) is 5.82 Å². The van der Waals surface area contributed by atoms with Gasteiger partial charge in [-0.25, -0.2) is 4.98 Å². The maximum atomic E-state index is 5.89. The summed E-state index contributed by atoms with van der Waals surface area (Å²) in [6, 6.07) is 3.77. The minimum atomic E-state index is -0.209. The summed E-state index contributed by atoms with van der Waals surface area (Å²) in [5, 5.41) is 0.648. The smallest absolute Gasteiger partial charge is 0.128 e. The highest BCUT2D eigenvalue weighted by atomic mass is 35.5. The van der Waals surface area contributed by atoms with Crippen LogP contribution in [0.5, 0.6) is 0 Å². The molecule has 0 radical (unpaired) electrons. The molecule has 1 aliphatic heterocycles. The summed E-state index contributed by atoms with van der Waals surface area (Å²) >= 11 is 11.7. The highest BCUT2D eigenvalue weighted by Gasteiger charge is 2.33. The van der Waals surface area contributed by atoms with Crippen molar-refractivity contribution in [3.63, 3.8) is 0 Å². The SMILES string of the molecule is CC1(C)CN(c2ccc(Cl)cn2)CC(CCl)O1. The number of halogens is 2. The number of hydrogen-bond acceptors (Lipinski definition) is 3. The van der Waals surface area contributed by atoms with Crippen molar-refractivity contribution < 1.29 is 4.74 Å². The Bertz CT molecular complexity index is 381. The van der Waals surface area contributed by atoms with Gasteiger partial charge in [0.15, 0.2) is 0 Å². The van der Waals surface area contributed by atoms with Gasteiger partial charge in [0.05, 0.1) is 22.6 Å². The van der Waals surface area contributed by atoms with Gasteiger partial charge in [-0.15, -0.1) is 11.6 Å². The van der Waals surface area contributed by atoms with Crippen LogP contribution in [0.3, 0.4) is 0 Å². The van der Waals surface area contributed by atoms with Crippen LogP contribution < -0.4 is 4.90 Å². The number of aromatic nitrogens is 1. The lowest BCUT2D eigenvalue weighted by Gasteiger charge is -2.42. The normalized spacial score (nSPS) is 23.8. The van der Waals surface area contributed by atoms with E-state index < -0.39 is 0 Å². The van der Waals surface area contributed by atoms with E-state index in [1.807, 2.05) is 12.1 Å². The average Bonchev–Trinajstić information content (AvgIpc) is 2.27. The number of nitrogens with zero attached hydrogens (tertiary/aromatic N) is 2. The fraction of sp³-hybridized carbons (Fsp3) is 0.583. The Morgan fingerprint density at radius 2 is 2.29 bits per heavy atom. The molecule has 2 heterocycles. The van der Waals surface area contributed by atoms with Gasteiger partial charge in [-0.2, -0.15) is 0 Å². The van der Waals surface area contributed by atoms with E-state index in [2.05, 4.69) is 23.7 Å². The predicted octanol–water partition coefficient (Wildman–Crippen LogP) is 2.96. The molecule has 17 heavy (non-hydrogen) atoms. The highest BCUT2D eigenvalue weighted by molar-refractivity contribution is 6.30. The van der Waals surface area contributed by atoms with Crippen molar-refractivity contribution in [1.29, 1.82) is 0 Å². The standard InChI is InChI=1S/C12H16Cl2N2O/c1-12(2)8-16(7-10(5-13)17-12)11-4-3-9(14)6-15-11/h3-4,6,10H,5,7-8H2,1-2H3. The minimum absolute atomic E-state index is 0.0397. The predicted molar refractivity (Wildman–Crippen MR) is 71.1 cm³/mol. The zero-order valence-electron chi connectivity index (χ0n) is 9.99. The Morgan fingerprint density at radius 1 is 1.53 bits per heavy atom. The van der Waals surface area contributed by atoms with Gasteiger partial charge < -0.3 is 9.64 Å². The van der Waals surface area contributed by atoms with E-state index in [9.17, 15) is 0 Å². The van der Waals surface area contributed by atoms with Crippen LogP contribution in [0.1, 0.15) is 13.8 Å². The minimum Gasteiger partial charge on any atom is -0.367 e. The van der Waals surface area contributed by atoms with Gasteiger partial charge >= 0.3 is 0 Å². The molecular formula is C12H16Cl2N2O. The van der Waals surface area contributed by atoms with Crippen molar-refractivity contribution in [2.45, 2.75) is 25.6 Å². The molecule has 5 heteroatoms. The van der Waals surface area contributed by atoms with Crippen LogP contribution in [-0.2, 0) is 4.74 Å². The van der Waals surface area contributed by atoms with Crippen LogP contribution in [0.2, 0.25) is 5.02 Å². The highest BCUT2D eigenvalue weighted by Crippen LogP contribution is 2.25. The Morgan fingerprint density at radius 3 is 2.88 bits per heavy atom. The number of anilines is 1. The van der Waals surface area contributed by atoms with Crippen LogP contribution >= 0.6 is 23.2 Å². The first kappa shape index (κ1) is 12.9. The summed E-state index contributed by atoms with van der Waals surface area (Å²) in [4.78, 5) is 6.52. The molecule has 0 aliphatic carbocycles. The molecule has 2 rings (SSSR count). The molecule has 0 N–H and O–H groups in total. The zero-order valence-corrected chi connectivity index (χ0v) is 11.5. The Kier molecular flexibility index (Phi) is 3.81. The molecule has 3 nitrogen and oxygen atoms in total. The van der Waals surface area contributed by atoms with Gasteiger partial charge in [-0.1, -0.05) is 11.6 Å². The molecule has 1 aromatic rings. The zero-order chi connectivity index (χ0) is 12.5. The van der Waals surface area contributed by atoms with Crippen molar-refractivity contribution in [3.8, 4) is 0 Å². The monoisotopic (exact) mass is 274 g/mol. The molecule has 1 aliphatic rings. The van der Waals surface area contributed by atoms with Gasteiger partial charge in [-0.05, 0) is 26.0 Å². The van der Waals surface area contributed by atoms with Crippen molar-refractivity contribution in [2.75, 3.05) is 23.9 Å². The van der Waals surface area contributed by atoms with Crippen LogP contribution in [-0.4, -0.2) is 35.7 Å². The van der Waals surface area contributed by atoms with E-state index in [0.29, 0.717) is 10.9 Å². The molecule has 94 valence electrons. The third-order valence-corrected chi connectivity index (χ3v) is 3.26. The van der Waals surface area contributed by atoms with Crippen LogP contribution in [0.25, 0.3) is 0 Å². The first-order valence-corrected chi connectivity index (χ1v) is 6.52. The van der Waals surface area contributed by atoms with Crippen LogP contribution in [0.4, 0.5) is 5.82 Å². The van der Waals surface area contributed by atoms with E-state index in [-0.39, 0.29) is 11.7 Å². The van der Waals surface area contributed by atoms with Gasteiger partial charge in [0.2, 0.25) is 0 Å². The van der Waals surface area contributed by atoms with Crippen molar-refractivity contribution >= 4 is 29.0 Å². The molecule has 1 saturated heterocycles. The fourth-order valence-corrected chi connectivity index (χ4v) is 2.38. The van der Waals surface area contributed by atoms with Crippen molar-refractivity contribution in [3.05, 3.63) is 23.4 Å². The Hall–Kier alpha value is -0.510. The molecule has 1 atom stereocenters. The van der Waals surface area contributed by atoms with Gasteiger partial charge in [0.25, 0.3) is 0 Å². The van der Waals surface area contributed by atoms with Crippen molar-refractivity contribution in [2.24, 2.45) is 0 Å². The maximum Gasteiger partial charge on any atom is 0.128 e. The molecule has 1 fully saturated rings. The van der Waals surface area contributed by atoms with Gasteiger partial charge in [-0.3, -0.25) is 0 Å². The molecule has 0 spiro atoms. The maximum absolute atomic E-state index is 5.89. The van der Waals surface area contributed by atoms with E-state index in [1.54, 1.807) is 6.20 Å². The lowest BCUT2D eigenvalue weighted by molar-refractivity contribution is -0.0736. The summed E-state index contributed by atoms with van der Waals surface area (Å²) in [6.07, 6.45) is 1.70. The largest absolute Gasteiger partial charge is 0.367 e. The molecule has 0 amide bonds. The summed E-state index contributed by atoms with van der Waals surface area (Å²) < 4.78 is 5.87. The topological polar surface area (TPSA) is 25.4 Å². The average molecular weight is 275 g/mol. The first-order valence-electron chi connectivity index (χ1n) is 5.60. The number of ether oxygens (including phenoxy) is 1. The Balaban J connectivity index is 2.17. The molecule has 0 bridgehead atoms. The molecule has 0 saturated carbocycles. The number of morpholine rings is 1. The molecular weight excluding hydrogens is 259 g/mol. The second-order valence-electron chi connectivity index (χ2n) is 4.87. The quantitative estimate of drug-likeness (QED) is 0.776. The Labute approximate surface area is 112 Å². The third kappa shape index (κ3) is 3.24. The van der Waals surface area contributed by atoms with Crippen LogP contribution in [0.15, 0.2) is 18.3 Å². The second kappa shape index (κ2) is 5.01. The van der Waals surface area contributed by atoms with Gasteiger partial charge in [0, 0.05) is 19.3 Å². The lowest BCUT2D eigenvalue weighted by Crippen LogP contribution is -2.53.